The van der Waals surface area contributed by atoms with Crippen LogP contribution in [0.25, 0.3) is 0 Å². The number of nitrogens with two attached hydrogens (primary N) is 1. The van der Waals surface area contributed by atoms with E-state index in [2.05, 4.69) is 21.1 Å². The van der Waals surface area contributed by atoms with Gasteiger partial charge in [-0.15, -0.1) is 0 Å². The Labute approximate surface area is 117 Å². The fraction of sp³-hybridized carbons (Fsp3) is 0.667. The maximum Gasteiger partial charge on any atom is 0.344 e. The Bertz CT molecular complexity index is 441. The van der Waals surface area contributed by atoms with E-state index in [1.807, 2.05) is 0 Å². The third-order valence-corrected chi connectivity index (χ3v) is 4.21. The summed E-state index contributed by atoms with van der Waals surface area (Å²) in [6.45, 7) is 7.12. The molecule has 2 rings (SSSR count). The van der Waals surface area contributed by atoms with Crippen molar-refractivity contribution < 1.29 is 9.53 Å². The van der Waals surface area contributed by atoms with Crippen molar-refractivity contribution in [3.05, 3.63) is 5.56 Å². The topological polar surface area (TPSA) is 71.7 Å². The van der Waals surface area contributed by atoms with Gasteiger partial charge >= 0.3 is 5.97 Å². The number of aromatic nitrogens is 1. The number of nitrogens with zero attached hydrogens (tertiary/aromatic N) is 3. The third kappa shape index (κ3) is 2.98. The van der Waals surface area contributed by atoms with Crippen molar-refractivity contribution >= 4 is 28.3 Å². The molecule has 1 aromatic heterocycles. The van der Waals surface area contributed by atoms with Crippen molar-refractivity contribution in [2.24, 2.45) is 0 Å². The molecule has 7 heteroatoms. The number of hydrogen-bond acceptors (Lipinski definition) is 7. The summed E-state index contributed by atoms with van der Waals surface area (Å²) in [6, 6.07) is 0. The lowest BCUT2D eigenvalue weighted by Crippen LogP contribution is -2.46. The van der Waals surface area contributed by atoms with Crippen LogP contribution in [0.2, 0.25) is 0 Å². The zero-order valence-corrected chi connectivity index (χ0v) is 12.2. The van der Waals surface area contributed by atoms with Crippen molar-refractivity contribution in [1.82, 2.24) is 9.27 Å². The highest BCUT2D eigenvalue weighted by Gasteiger charge is 2.26. The van der Waals surface area contributed by atoms with Gasteiger partial charge in [-0.05, 0) is 24.5 Å². The molecular formula is C12H20N4O2S. The van der Waals surface area contributed by atoms with Crippen molar-refractivity contribution in [2.45, 2.75) is 13.3 Å². The number of ether oxygens (including phenoxy) is 1. The number of carbonyl (C=O) groups excluding carboxylic acids is 1. The zero-order chi connectivity index (χ0) is 13.8. The van der Waals surface area contributed by atoms with E-state index < -0.39 is 5.97 Å². The summed E-state index contributed by atoms with van der Waals surface area (Å²) in [6.07, 6.45) is 1.17. The molecule has 19 heavy (non-hydrogen) atoms. The third-order valence-electron chi connectivity index (χ3n) is 3.29. The Morgan fingerprint density at radius 3 is 2.68 bits per heavy atom. The lowest BCUT2D eigenvalue weighted by Gasteiger charge is -2.35. The minimum absolute atomic E-state index is 0.267. The fourth-order valence-electron chi connectivity index (χ4n) is 2.29. The summed E-state index contributed by atoms with van der Waals surface area (Å²) in [5, 5.41) is 0.834. The van der Waals surface area contributed by atoms with Gasteiger partial charge in [-0.1, -0.05) is 6.92 Å². The minimum Gasteiger partial charge on any atom is -0.465 e. The van der Waals surface area contributed by atoms with Gasteiger partial charge in [0.05, 0.1) is 7.11 Å². The van der Waals surface area contributed by atoms with Crippen LogP contribution in [-0.4, -0.2) is 55.1 Å². The summed E-state index contributed by atoms with van der Waals surface area (Å²) < 4.78 is 8.86. The quantitative estimate of drug-likeness (QED) is 0.833. The standard InChI is InChI=1S/C12H20N4O2S/c1-3-4-15-5-7-16(8-6-15)11-9(12(17)18-2)10(13)14-19-11/h3-8H2,1-2H3,(H2,13,14). The fourth-order valence-corrected chi connectivity index (χ4v) is 3.15. The molecule has 0 aromatic carbocycles. The highest BCUT2D eigenvalue weighted by molar-refractivity contribution is 7.11. The van der Waals surface area contributed by atoms with Gasteiger partial charge < -0.3 is 15.4 Å². The van der Waals surface area contributed by atoms with E-state index in [-0.39, 0.29) is 5.82 Å². The van der Waals surface area contributed by atoms with E-state index in [0.29, 0.717) is 5.56 Å². The van der Waals surface area contributed by atoms with Gasteiger partial charge in [-0.2, -0.15) is 4.37 Å². The summed E-state index contributed by atoms with van der Waals surface area (Å²) in [4.78, 5) is 16.4. The molecular weight excluding hydrogens is 264 g/mol. The molecule has 0 amide bonds. The number of rotatable bonds is 4. The average Bonchev–Trinajstić information content (AvgIpc) is 2.81. The number of esters is 1. The summed E-state index contributed by atoms with van der Waals surface area (Å²) in [5.41, 5.74) is 6.17. The van der Waals surface area contributed by atoms with E-state index in [1.54, 1.807) is 0 Å². The molecule has 0 bridgehead atoms. The molecule has 0 saturated carbocycles. The van der Waals surface area contributed by atoms with E-state index in [4.69, 9.17) is 10.5 Å². The van der Waals surface area contributed by atoms with Crippen LogP contribution in [0, 0.1) is 0 Å². The van der Waals surface area contributed by atoms with Crippen LogP contribution < -0.4 is 10.6 Å². The van der Waals surface area contributed by atoms with Crippen molar-refractivity contribution in [1.29, 1.82) is 0 Å². The number of methoxy groups -OCH3 is 1. The Balaban J connectivity index is 2.09. The number of nitrogen functional groups attached to an aromatic ring is 1. The summed E-state index contributed by atoms with van der Waals surface area (Å²) in [7, 11) is 1.36. The molecule has 2 heterocycles. The van der Waals surface area contributed by atoms with Gasteiger partial charge in [0.2, 0.25) is 0 Å². The predicted molar refractivity (Wildman–Crippen MR) is 76.8 cm³/mol. The molecule has 1 aliphatic heterocycles. The van der Waals surface area contributed by atoms with E-state index in [0.717, 1.165) is 37.7 Å². The molecule has 1 aliphatic rings. The highest BCUT2D eigenvalue weighted by atomic mass is 32.1. The number of piperazine rings is 1. The summed E-state index contributed by atoms with van der Waals surface area (Å²) >= 11 is 1.27. The first-order valence-corrected chi connectivity index (χ1v) is 7.25. The second kappa shape index (κ2) is 6.21. The maximum absolute atomic E-state index is 11.8. The molecule has 106 valence electrons. The molecule has 1 saturated heterocycles. The molecule has 0 spiro atoms. The van der Waals surface area contributed by atoms with Gasteiger partial charge in [0.1, 0.15) is 10.6 Å². The zero-order valence-electron chi connectivity index (χ0n) is 11.4. The molecule has 0 unspecified atom stereocenters. The van der Waals surface area contributed by atoms with Gasteiger partial charge in [-0.25, -0.2) is 4.79 Å². The molecule has 0 radical (unpaired) electrons. The molecule has 6 nitrogen and oxygen atoms in total. The number of hydrogen-bond donors (Lipinski definition) is 1. The Morgan fingerprint density at radius 1 is 1.42 bits per heavy atom. The first-order valence-electron chi connectivity index (χ1n) is 6.48. The number of carbonyl (C=O) groups is 1. The Morgan fingerprint density at radius 2 is 2.11 bits per heavy atom. The first kappa shape index (κ1) is 14.1. The van der Waals surface area contributed by atoms with Crippen LogP contribution in [0.5, 0.6) is 0 Å². The lowest BCUT2D eigenvalue weighted by atomic mass is 10.2. The summed E-state index contributed by atoms with van der Waals surface area (Å²) in [5.74, 6) is -0.139. The van der Waals surface area contributed by atoms with Crippen LogP contribution in [0.4, 0.5) is 10.8 Å². The van der Waals surface area contributed by atoms with Crippen LogP contribution in [0.3, 0.4) is 0 Å². The van der Waals surface area contributed by atoms with E-state index in [9.17, 15) is 4.79 Å². The second-order valence-electron chi connectivity index (χ2n) is 4.57. The largest absolute Gasteiger partial charge is 0.465 e. The molecule has 0 aliphatic carbocycles. The Kier molecular flexibility index (Phi) is 4.60. The monoisotopic (exact) mass is 284 g/mol. The average molecular weight is 284 g/mol. The molecule has 1 fully saturated rings. The smallest absolute Gasteiger partial charge is 0.344 e. The van der Waals surface area contributed by atoms with Crippen molar-refractivity contribution in [3.63, 3.8) is 0 Å². The molecule has 1 aromatic rings. The second-order valence-corrected chi connectivity index (χ2v) is 5.32. The van der Waals surface area contributed by atoms with Gasteiger partial charge in [0, 0.05) is 26.2 Å². The van der Waals surface area contributed by atoms with Gasteiger partial charge in [-0.3, -0.25) is 4.90 Å². The molecule has 2 N–H and O–H groups in total. The van der Waals surface area contributed by atoms with Crippen LogP contribution in [-0.2, 0) is 4.74 Å². The first-order chi connectivity index (χ1) is 9.17. The van der Waals surface area contributed by atoms with E-state index in [1.165, 1.54) is 25.1 Å². The van der Waals surface area contributed by atoms with Crippen LogP contribution in [0.1, 0.15) is 23.7 Å². The Hall–Kier alpha value is -1.34. The van der Waals surface area contributed by atoms with Crippen LogP contribution >= 0.6 is 11.5 Å². The van der Waals surface area contributed by atoms with Gasteiger partial charge in [0.15, 0.2) is 5.82 Å². The predicted octanol–water partition coefficient (Wildman–Crippen LogP) is 1.04. The van der Waals surface area contributed by atoms with Crippen molar-refractivity contribution in [3.8, 4) is 0 Å². The SMILES string of the molecule is CCCN1CCN(c2snc(N)c2C(=O)OC)CC1. The normalized spacial score (nSPS) is 16.6. The highest BCUT2D eigenvalue weighted by Crippen LogP contribution is 2.31. The lowest BCUT2D eigenvalue weighted by molar-refractivity contribution is 0.0603. The maximum atomic E-state index is 11.8. The number of anilines is 2. The van der Waals surface area contributed by atoms with Crippen molar-refractivity contribution in [2.75, 3.05) is 50.5 Å². The van der Waals surface area contributed by atoms with Crippen LogP contribution in [0.15, 0.2) is 0 Å². The van der Waals surface area contributed by atoms with E-state index >= 15 is 0 Å². The minimum atomic E-state index is -0.405. The van der Waals surface area contributed by atoms with Gasteiger partial charge in [0.25, 0.3) is 0 Å². The molecule has 0 atom stereocenters.